The van der Waals surface area contributed by atoms with Crippen molar-refractivity contribution in [3.05, 3.63) is 72.3 Å². The topological polar surface area (TPSA) is 64.9 Å². The van der Waals surface area contributed by atoms with Gasteiger partial charge in [-0.15, -0.1) is 5.10 Å². The number of fused-ring (bicyclic) bond motifs is 1. The number of nitrogens with zero attached hydrogens (tertiary/aromatic N) is 4. The second-order valence-electron chi connectivity index (χ2n) is 6.20. The summed E-state index contributed by atoms with van der Waals surface area (Å²) < 4.78 is 7.32. The van der Waals surface area contributed by atoms with E-state index in [0.717, 1.165) is 35.4 Å². The normalized spacial score (nSPS) is 11.0. The maximum Gasteiger partial charge on any atom is 0.214 e. The second-order valence-corrected chi connectivity index (χ2v) is 7.26. The Labute approximate surface area is 167 Å². The second kappa shape index (κ2) is 8.86. The molecule has 1 aromatic heterocycles. The number of tetrazole rings is 1. The van der Waals surface area contributed by atoms with Crippen molar-refractivity contribution in [1.29, 1.82) is 0 Å². The molecule has 0 aliphatic heterocycles. The molecule has 0 fully saturated rings. The number of methoxy groups -OCH3 is 1. The lowest BCUT2D eigenvalue weighted by atomic mass is 10.0. The van der Waals surface area contributed by atoms with E-state index in [0.29, 0.717) is 0 Å². The Kier molecular flexibility index (Phi) is 5.84. The monoisotopic (exact) mass is 391 g/mol. The van der Waals surface area contributed by atoms with Gasteiger partial charge in [0.25, 0.3) is 0 Å². The lowest BCUT2D eigenvalue weighted by Gasteiger charge is -2.13. The van der Waals surface area contributed by atoms with E-state index >= 15 is 0 Å². The lowest BCUT2D eigenvalue weighted by Crippen LogP contribution is -2.17. The number of benzene rings is 3. The smallest absolute Gasteiger partial charge is 0.214 e. The van der Waals surface area contributed by atoms with Gasteiger partial charge in [0, 0.05) is 24.4 Å². The van der Waals surface area contributed by atoms with Gasteiger partial charge in [-0.25, -0.2) is 0 Å². The maximum atomic E-state index is 5.56. The molecule has 4 rings (SSSR count). The van der Waals surface area contributed by atoms with Crippen molar-refractivity contribution in [1.82, 2.24) is 25.5 Å². The predicted molar refractivity (Wildman–Crippen MR) is 112 cm³/mol. The Morgan fingerprint density at radius 3 is 2.68 bits per heavy atom. The van der Waals surface area contributed by atoms with E-state index in [1.165, 1.54) is 16.3 Å². The zero-order chi connectivity index (χ0) is 19.2. The minimum atomic E-state index is 0.745. The van der Waals surface area contributed by atoms with Crippen LogP contribution in [0.25, 0.3) is 16.5 Å². The van der Waals surface area contributed by atoms with E-state index in [2.05, 4.69) is 51.2 Å². The number of thioether (sulfide) groups is 1. The molecule has 142 valence electrons. The number of hydrogen-bond donors (Lipinski definition) is 1. The van der Waals surface area contributed by atoms with Crippen LogP contribution in [-0.2, 0) is 6.54 Å². The first-order valence-electron chi connectivity index (χ1n) is 9.09. The number of para-hydroxylation sites is 1. The van der Waals surface area contributed by atoms with Crippen LogP contribution in [0.1, 0.15) is 5.56 Å². The molecule has 6 nitrogen and oxygen atoms in total. The van der Waals surface area contributed by atoms with Crippen LogP contribution in [0.2, 0.25) is 0 Å². The fourth-order valence-electron chi connectivity index (χ4n) is 3.12. The van der Waals surface area contributed by atoms with Crippen LogP contribution >= 0.6 is 11.8 Å². The maximum absolute atomic E-state index is 5.56. The van der Waals surface area contributed by atoms with Crippen LogP contribution in [0.3, 0.4) is 0 Å². The summed E-state index contributed by atoms with van der Waals surface area (Å²) in [6, 6.07) is 22.4. The number of nitrogens with one attached hydrogen (secondary N) is 1. The quantitative estimate of drug-likeness (QED) is 0.365. The van der Waals surface area contributed by atoms with E-state index < -0.39 is 0 Å². The molecule has 0 radical (unpaired) electrons. The third kappa shape index (κ3) is 4.00. The molecule has 1 N–H and O–H groups in total. The summed E-state index contributed by atoms with van der Waals surface area (Å²) in [5, 5.41) is 18.8. The van der Waals surface area contributed by atoms with E-state index in [4.69, 9.17) is 4.74 Å². The molecule has 1 heterocycles. The van der Waals surface area contributed by atoms with Gasteiger partial charge in [-0.2, -0.15) is 4.68 Å². The largest absolute Gasteiger partial charge is 0.496 e. The zero-order valence-electron chi connectivity index (χ0n) is 15.6. The molecule has 0 spiro atoms. The number of rotatable bonds is 8. The van der Waals surface area contributed by atoms with Crippen LogP contribution in [-0.4, -0.2) is 39.6 Å². The van der Waals surface area contributed by atoms with E-state index in [9.17, 15) is 0 Å². The average Bonchev–Trinajstić information content (AvgIpc) is 3.22. The molecule has 0 amide bonds. The van der Waals surface area contributed by atoms with Crippen molar-refractivity contribution < 1.29 is 4.74 Å². The molecule has 0 aliphatic carbocycles. The van der Waals surface area contributed by atoms with Gasteiger partial charge in [0.05, 0.1) is 12.8 Å². The summed E-state index contributed by atoms with van der Waals surface area (Å²) in [5.74, 6) is 1.77. The van der Waals surface area contributed by atoms with Gasteiger partial charge in [0.1, 0.15) is 5.75 Å². The highest BCUT2D eigenvalue weighted by Gasteiger charge is 2.10. The van der Waals surface area contributed by atoms with Gasteiger partial charge < -0.3 is 10.1 Å². The Hall–Kier alpha value is -2.90. The van der Waals surface area contributed by atoms with Crippen molar-refractivity contribution in [2.75, 3.05) is 19.4 Å². The van der Waals surface area contributed by atoms with Gasteiger partial charge in [0.2, 0.25) is 5.16 Å². The highest BCUT2D eigenvalue weighted by molar-refractivity contribution is 7.99. The Bertz CT molecular complexity index is 1050. The fraction of sp³-hybridized carbons (Fsp3) is 0.190. The van der Waals surface area contributed by atoms with Crippen LogP contribution < -0.4 is 10.1 Å². The first kappa shape index (κ1) is 18.5. The molecule has 0 aliphatic rings. The molecule has 7 heteroatoms. The van der Waals surface area contributed by atoms with Crippen molar-refractivity contribution in [3.8, 4) is 11.4 Å². The summed E-state index contributed by atoms with van der Waals surface area (Å²) in [7, 11) is 1.72. The molecular weight excluding hydrogens is 370 g/mol. The summed E-state index contributed by atoms with van der Waals surface area (Å²) in [5.41, 5.74) is 2.14. The number of ether oxygens (including phenoxy) is 1. The fourth-order valence-corrected chi connectivity index (χ4v) is 3.91. The van der Waals surface area contributed by atoms with E-state index in [-0.39, 0.29) is 0 Å². The van der Waals surface area contributed by atoms with Gasteiger partial charge in [0.15, 0.2) is 0 Å². The van der Waals surface area contributed by atoms with Crippen molar-refractivity contribution in [2.24, 2.45) is 0 Å². The van der Waals surface area contributed by atoms with E-state index in [1.54, 1.807) is 23.6 Å². The Morgan fingerprint density at radius 2 is 1.82 bits per heavy atom. The average molecular weight is 392 g/mol. The van der Waals surface area contributed by atoms with Crippen LogP contribution in [0.4, 0.5) is 0 Å². The van der Waals surface area contributed by atoms with Crippen molar-refractivity contribution >= 4 is 22.5 Å². The van der Waals surface area contributed by atoms with Crippen molar-refractivity contribution in [2.45, 2.75) is 11.7 Å². The number of aromatic nitrogens is 4. The molecule has 28 heavy (non-hydrogen) atoms. The third-order valence-corrected chi connectivity index (χ3v) is 5.39. The highest BCUT2D eigenvalue weighted by Crippen LogP contribution is 2.27. The summed E-state index contributed by atoms with van der Waals surface area (Å²) in [6.45, 7) is 1.58. The molecular formula is C21H21N5OS. The van der Waals surface area contributed by atoms with Gasteiger partial charge in [-0.05, 0) is 39.4 Å². The first-order chi connectivity index (χ1) is 13.9. The minimum Gasteiger partial charge on any atom is -0.496 e. The first-order valence-corrected chi connectivity index (χ1v) is 10.1. The molecule has 0 saturated carbocycles. The predicted octanol–water partition coefficient (Wildman–Crippen LogP) is 3.71. The van der Waals surface area contributed by atoms with E-state index in [1.807, 2.05) is 36.4 Å². The molecule has 0 saturated heterocycles. The Morgan fingerprint density at radius 1 is 1.00 bits per heavy atom. The minimum absolute atomic E-state index is 0.745. The van der Waals surface area contributed by atoms with Crippen LogP contribution in [0.15, 0.2) is 71.9 Å². The van der Waals surface area contributed by atoms with Crippen molar-refractivity contribution in [3.63, 3.8) is 0 Å². The standard InChI is InChI=1S/C21H21N5OS/c1-27-20-12-11-16-7-5-6-10-18(16)19(20)15-22-13-14-28-21-23-24-25-26(21)17-8-3-2-4-9-17/h2-12,22H,13-15H2,1H3. The third-order valence-electron chi connectivity index (χ3n) is 4.47. The lowest BCUT2D eigenvalue weighted by molar-refractivity contribution is 0.409. The summed E-state index contributed by atoms with van der Waals surface area (Å²) in [4.78, 5) is 0. The molecule has 0 unspecified atom stereocenters. The van der Waals surface area contributed by atoms with Crippen LogP contribution in [0.5, 0.6) is 5.75 Å². The molecule has 0 atom stereocenters. The van der Waals surface area contributed by atoms with Crippen LogP contribution in [0, 0.1) is 0 Å². The molecule has 4 aromatic rings. The molecule has 3 aromatic carbocycles. The van der Waals surface area contributed by atoms with Gasteiger partial charge >= 0.3 is 0 Å². The molecule has 0 bridgehead atoms. The van der Waals surface area contributed by atoms with Gasteiger partial charge in [-0.3, -0.25) is 0 Å². The summed E-state index contributed by atoms with van der Waals surface area (Å²) >= 11 is 1.63. The highest BCUT2D eigenvalue weighted by atomic mass is 32.2. The SMILES string of the molecule is COc1ccc2ccccc2c1CNCCSc1nnnn1-c1ccccc1. The van der Waals surface area contributed by atoms with Gasteiger partial charge in [-0.1, -0.05) is 60.3 Å². The number of hydrogen-bond acceptors (Lipinski definition) is 6. The zero-order valence-corrected chi connectivity index (χ0v) is 16.4. The Balaban J connectivity index is 1.37. The summed E-state index contributed by atoms with van der Waals surface area (Å²) in [6.07, 6.45) is 0.